The van der Waals surface area contributed by atoms with Crippen LogP contribution < -0.4 is 21.3 Å². The number of alkyl halides is 2. The van der Waals surface area contributed by atoms with E-state index in [0.717, 1.165) is 18.4 Å². The molecule has 282 valence electrons. The molecule has 0 bridgehead atoms. The lowest BCUT2D eigenvalue weighted by Gasteiger charge is -2.33. The number of carbonyl (C=O) groups excluding carboxylic acids is 6. The van der Waals surface area contributed by atoms with Crippen LogP contribution in [0.4, 0.5) is 8.78 Å². The zero-order valence-corrected chi connectivity index (χ0v) is 30.7. The second-order valence-corrected chi connectivity index (χ2v) is 15.0. The van der Waals surface area contributed by atoms with Crippen LogP contribution in [0.1, 0.15) is 76.0 Å². The molecule has 4 N–H and O–H groups in total. The van der Waals surface area contributed by atoms with Gasteiger partial charge in [-0.15, -0.1) is 11.8 Å². The van der Waals surface area contributed by atoms with Gasteiger partial charge in [-0.05, 0) is 49.0 Å². The van der Waals surface area contributed by atoms with E-state index in [9.17, 15) is 37.5 Å². The number of likely N-dealkylation sites (tertiary alicyclic amines) is 1. The van der Waals surface area contributed by atoms with Crippen molar-refractivity contribution in [2.75, 3.05) is 12.3 Å². The molecule has 2 heterocycles. The van der Waals surface area contributed by atoms with Crippen LogP contribution in [0, 0.1) is 23.7 Å². The van der Waals surface area contributed by atoms with Crippen molar-refractivity contribution in [3.8, 4) is 0 Å². The maximum Gasteiger partial charge on any atom is 0.291 e. The number of rotatable bonds is 16. The number of ketones is 1. The van der Waals surface area contributed by atoms with E-state index < -0.39 is 83.0 Å². The number of amides is 5. The van der Waals surface area contributed by atoms with E-state index in [-0.39, 0.29) is 30.0 Å². The standard InChI is InChI=1S/C36H47F2N7O6S/c1-19(2)27(42-31(47)25-16-39-14-15-40-25)32(48)43-28(20(3)4)36(51)45-17-23-12-9-13-24(23)29(45)33(49)44-35(52-18-26(37)38)30(46)34(50)41-21(5)22-10-7-6-8-11-22/h6-8,10-11,14-16,19-21,23-24,26-29,35H,9,12-13,17-18H2,1-5H3,(H,41,50)(H,42,47)(H,43,48)(H,44,49)/t21-,23-,24-,27+,28?,29-,35?/m0/s1. The zero-order chi connectivity index (χ0) is 38.1. The highest BCUT2D eigenvalue weighted by atomic mass is 32.2. The van der Waals surface area contributed by atoms with E-state index in [2.05, 4.69) is 31.2 Å². The first-order chi connectivity index (χ1) is 24.7. The highest BCUT2D eigenvalue weighted by Gasteiger charge is 2.51. The van der Waals surface area contributed by atoms with Crippen molar-refractivity contribution in [1.29, 1.82) is 0 Å². The molecule has 13 nitrogen and oxygen atoms in total. The summed E-state index contributed by atoms with van der Waals surface area (Å²) in [4.78, 5) is 90.5. The van der Waals surface area contributed by atoms with Gasteiger partial charge in [-0.2, -0.15) is 0 Å². The summed E-state index contributed by atoms with van der Waals surface area (Å²) in [5.74, 6) is -6.57. The van der Waals surface area contributed by atoms with E-state index in [1.807, 2.05) is 0 Å². The number of Topliss-reactive ketones (excluding diaryl/α,β-unsaturated/α-hetero) is 1. The minimum absolute atomic E-state index is 0.0154. The van der Waals surface area contributed by atoms with E-state index in [1.54, 1.807) is 65.0 Å². The van der Waals surface area contributed by atoms with Crippen LogP contribution in [0.25, 0.3) is 0 Å². The predicted octanol–water partition coefficient (Wildman–Crippen LogP) is 2.89. The molecular weight excluding hydrogens is 697 g/mol. The number of thioether (sulfide) groups is 1. The Kier molecular flexibility index (Phi) is 14.2. The smallest absolute Gasteiger partial charge is 0.291 e. The van der Waals surface area contributed by atoms with Crippen molar-refractivity contribution in [2.45, 2.75) is 89.8 Å². The first-order valence-electron chi connectivity index (χ1n) is 17.5. The lowest BCUT2D eigenvalue weighted by atomic mass is 9.93. The van der Waals surface area contributed by atoms with Crippen LogP contribution in [0.2, 0.25) is 0 Å². The number of fused-ring (bicyclic) bond motifs is 1. The quantitative estimate of drug-likeness (QED) is 0.149. The number of nitrogens with one attached hydrogen (secondary N) is 4. The van der Waals surface area contributed by atoms with Gasteiger partial charge in [0.1, 0.15) is 29.2 Å². The van der Waals surface area contributed by atoms with Crippen LogP contribution in [0.15, 0.2) is 48.9 Å². The third-order valence-corrected chi connectivity index (χ3v) is 10.6. The molecule has 2 fully saturated rings. The first kappa shape index (κ1) is 40.3. The van der Waals surface area contributed by atoms with Crippen molar-refractivity contribution in [3.05, 3.63) is 60.2 Å². The second kappa shape index (κ2) is 18.3. The molecule has 7 atom stereocenters. The molecule has 5 amide bonds. The van der Waals surface area contributed by atoms with Gasteiger partial charge >= 0.3 is 0 Å². The summed E-state index contributed by atoms with van der Waals surface area (Å²) in [6, 6.07) is 5.09. The van der Waals surface area contributed by atoms with Gasteiger partial charge in [0.15, 0.2) is 0 Å². The van der Waals surface area contributed by atoms with Gasteiger partial charge in [0.25, 0.3) is 17.6 Å². The van der Waals surface area contributed by atoms with E-state index in [0.29, 0.717) is 18.2 Å². The Morgan fingerprint density at radius 2 is 1.58 bits per heavy atom. The summed E-state index contributed by atoms with van der Waals surface area (Å²) in [6.07, 6.45) is 3.39. The van der Waals surface area contributed by atoms with Crippen LogP contribution in [-0.2, 0) is 24.0 Å². The Labute approximate surface area is 306 Å². The summed E-state index contributed by atoms with van der Waals surface area (Å²) in [5.41, 5.74) is 0.734. The predicted molar refractivity (Wildman–Crippen MR) is 190 cm³/mol. The van der Waals surface area contributed by atoms with E-state index in [1.165, 1.54) is 23.5 Å². The average molecular weight is 744 g/mol. The summed E-state index contributed by atoms with van der Waals surface area (Å²) in [7, 11) is 0. The van der Waals surface area contributed by atoms with Crippen molar-refractivity contribution >= 4 is 47.1 Å². The number of hydrogen-bond acceptors (Lipinski definition) is 9. The highest BCUT2D eigenvalue weighted by Crippen LogP contribution is 2.43. The lowest BCUT2D eigenvalue weighted by Crippen LogP contribution is -2.60. The Hall–Kier alpha value is -4.47. The van der Waals surface area contributed by atoms with Crippen molar-refractivity contribution in [1.82, 2.24) is 36.1 Å². The molecule has 2 aliphatic rings. The average Bonchev–Trinajstić information content (AvgIpc) is 3.72. The number of halogens is 2. The molecule has 1 aromatic heterocycles. The van der Waals surface area contributed by atoms with Crippen LogP contribution in [0.5, 0.6) is 0 Å². The Balaban J connectivity index is 1.52. The number of aromatic nitrogens is 2. The van der Waals surface area contributed by atoms with Gasteiger partial charge in [0.2, 0.25) is 24.1 Å². The van der Waals surface area contributed by atoms with Gasteiger partial charge in [0.05, 0.1) is 18.0 Å². The monoisotopic (exact) mass is 743 g/mol. The fourth-order valence-electron chi connectivity index (χ4n) is 6.75. The fraction of sp³-hybridized carbons (Fsp3) is 0.556. The van der Waals surface area contributed by atoms with Gasteiger partial charge < -0.3 is 26.2 Å². The van der Waals surface area contributed by atoms with Gasteiger partial charge in [-0.25, -0.2) is 13.8 Å². The van der Waals surface area contributed by atoms with Crippen molar-refractivity contribution in [2.24, 2.45) is 23.7 Å². The molecule has 2 aromatic rings. The molecule has 0 radical (unpaired) electrons. The van der Waals surface area contributed by atoms with Crippen molar-refractivity contribution < 1.29 is 37.5 Å². The minimum Gasteiger partial charge on any atom is -0.343 e. The number of hydrogen-bond donors (Lipinski definition) is 4. The zero-order valence-electron chi connectivity index (χ0n) is 29.9. The second-order valence-electron chi connectivity index (χ2n) is 13.9. The van der Waals surface area contributed by atoms with Gasteiger partial charge in [-0.3, -0.25) is 33.8 Å². The third kappa shape index (κ3) is 10.1. The Morgan fingerprint density at radius 3 is 2.19 bits per heavy atom. The third-order valence-electron chi connectivity index (χ3n) is 9.48. The summed E-state index contributed by atoms with van der Waals surface area (Å²) < 4.78 is 26.7. The SMILES string of the molecule is CC(C)C(NC(=O)[C@H](NC(=O)c1cnccn1)C(C)C)C(=O)N1C[C@@H]2CCC[C@@H]2[C@H]1C(=O)NC(SCC(F)F)C(=O)C(=O)N[C@@H](C)c1ccccc1. The molecule has 1 aliphatic carbocycles. The summed E-state index contributed by atoms with van der Waals surface area (Å²) >= 11 is 0.444. The number of benzene rings is 1. The molecule has 2 unspecified atom stereocenters. The van der Waals surface area contributed by atoms with Crippen LogP contribution >= 0.6 is 11.8 Å². The normalized spacial score (nSPS) is 20.5. The van der Waals surface area contributed by atoms with Gasteiger partial charge in [-0.1, -0.05) is 64.4 Å². The van der Waals surface area contributed by atoms with Crippen molar-refractivity contribution in [3.63, 3.8) is 0 Å². The van der Waals surface area contributed by atoms with Crippen LogP contribution in [-0.4, -0.2) is 92.4 Å². The maximum atomic E-state index is 14.3. The van der Waals surface area contributed by atoms with Gasteiger partial charge in [0, 0.05) is 18.9 Å². The molecule has 16 heteroatoms. The van der Waals surface area contributed by atoms with E-state index >= 15 is 0 Å². The van der Waals surface area contributed by atoms with E-state index in [4.69, 9.17) is 0 Å². The highest BCUT2D eigenvalue weighted by molar-refractivity contribution is 8.00. The molecular formula is C36H47F2N7O6S. The molecule has 1 aliphatic heterocycles. The number of carbonyl (C=O) groups is 6. The van der Waals surface area contributed by atoms with Crippen LogP contribution in [0.3, 0.4) is 0 Å². The Morgan fingerprint density at radius 1 is 0.885 bits per heavy atom. The lowest BCUT2D eigenvalue weighted by molar-refractivity contribution is -0.144. The Bertz CT molecular complexity index is 1590. The molecule has 52 heavy (non-hydrogen) atoms. The molecule has 1 saturated carbocycles. The summed E-state index contributed by atoms with van der Waals surface area (Å²) in [5, 5.41) is 8.92. The molecule has 0 spiro atoms. The largest absolute Gasteiger partial charge is 0.343 e. The molecule has 1 saturated heterocycles. The minimum atomic E-state index is -2.82. The summed E-state index contributed by atoms with van der Waals surface area (Å²) in [6.45, 7) is 8.84. The first-order valence-corrected chi connectivity index (χ1v) is 18.5. The fourth-order valence-corrected chi connectivity index (χ4v) is 7.54. The molecule has 1 aromatic carbocycles. The maximum absolute atomic E-state index is 14.3. The number of nitrogens with zero attached hydrogens (tertiary/aromatic N) is 3. The molecule has 4 rings (SSSR count). The topological polar surface area (TPSA) is 180 Å².